The molecule has 1 aliphatic rings. The Morgan fingerprint density at radius 1 is 1.89 bits per heavy atom. The van der Waals surface area contributed by atoms with E-state index in [1.54, 1.807) is 0 Å². The Balaban J connectivity index is 2.79. The van der Waals surface area contributed by atoms with Gasteiger partial charge in [0, 0.05) is 0 Å². The fraction of sp³-hybridized carbons (Fsp3) is 0.250. The van der Waals surface area contributed by atoms with Crippen LogP contribution in [-0.2, 0) is 0 Å². The van der Waals surface area contributed by atoms with Crippen LogP contribution in [0.4, 0.5) is 0 Å². The molecule has 1 heterocycles. The van der Waals surface area contributed by atoms with Gasteiger partial charge in [-0.25, -0.2) is 0 Å². The zero-order valence-electron chi connectivity index (χ0n) is 4.50. The van der Waals surface area contributed by atoms with Crippen LogP contribution in [0.15, 0.2) is 15.4 Å². The van der Waals surface area contributed by atoms with E-state index < -0.39 is 6.17 Å². The van der Waals surface area contributed by atoms with Gasteiger partial charge in [0.25, 0.3) is 0 Å². The lowest BCUT2D eigenvalue weighted by atomic mass is 10.4. The number of aliphatic hydroxyl groups excluding tert-OH is 1. The van der Waals surface area contributed by atoms with Crippen molar-refractivity contribution in [1.29, 1.82) is 0 Å². The van der Waals surface area contributed by atoms with E-state index in [0.717, 1.165) is 0 Å². The molecule has 1 atom stereocenters. The highest BCUT2D eigenvalue weighted by molar-refractivity contribution is 9.11. The molecule has 0 radical (unpaired) electrons. The molecular weight excluding hydrogens is 186 g/mol. The number of nitrogens with one attached hydrogen (secondary N) is 1. The lowest BCUT2D eigenvalue weighted by Crippen LogP contribution is -2.28. The summed E-state index contributed by atoms with van der Waals surface area (Å²) < 4.78 is 0.477. The van der Waals surface area contributed by atoms with E-state index >= 15 is 0 Å². The monoisotopic (exact) mass is 191 g/mol. The van der Waals surface area contributed by atoms with Crippen LogP contribution in [0.3, 0.4) is 0 Å². The van der Waals surface area contributed by atoms with Gasteiger partial charge in [-0.3, -0.25) is 4.99 Å². The number of nitrogens with two attached hydrogens (primary N) is 1. The van der Waals surface area contributed by atoms with Crippen molar-refractivity contribution < 1.29 is 5.11 Å². The van der Waals surface area contributed by atoms with Gasteiger partial charge in [-0.1, -0.05) is 0 Å². The third-order valence-corrected chi connectivity index (χ3v) is 1.77. The molecule has 0 bridgehead atoms. The van der Waals surface area contributed by atoms with Gasteiger partial charge in [0.15, 0.2) is 0 Å². The van der Waals surface area contributed by atoms with Crippen molar-refractivity contribution in [3.63, 3.8) is 0 Å². The molecule has 0 spiro atoms. The Morgan fingerprint density at radius 3 is 3.00 bits per heavy atom. The largest absolute Gasteiger partial charge is 0.494 e. The van der Waals surface area contributed by atoms with Crippen molar-refractivity contribution in [2.75, 3.05) is 0 Å². The highest BCUT2D eigenvalue weighted by Crippen LogP contribution is 2.14. The molecule has 5 heteroatoms. The average Bonchev–Trinajstić information content (AvgIpc) is 1.83. The molecule has 0 aliphatic carbocycles. The first-order valence-electron chi connectivity index (χ1n) is 2.34. The predicted molar refractivity (Wildman–Crippen MR) is 38.2 cm³/mol. The third-order valence-electron chi connectivity index (χ3n) is 0.922. The quantitative estimate of drug-likeness (QED) is 0.506. The normalized spacial score (nSPS) is 26.2. The van der Waals surface area contributed by atoms with Crippen LogP contribution in [0.5, 0.6) is 0 Å². The van der Waals surface area contributed by atoms with Crippen LogP contribution in [-0.4, -0.2) is 17.6 Å². The summed E-state index contributed by atoms with van der Waals surface area (Å²) in [5, 5.41) is 11.4. The van der Waals surface area contributed by atoms with E-state index in [1.807, 2.05) is 0 Å². The standard InChI is InChI=1S/C4H6BrN3O/c5-2-3(6)7-1-8-4(2)9/h1,3,9H,6H2,(H,7,8). The van der Waals surface area contributed by atoms with Gasteiger partial charge < -0.3 is 16.2 Å². The Morgan fingerprint density at radius 2 is 2.56 bits per heavy atom. The Bertz CT molecular complexity index is 177. The molecule has 0 fully saturated rings. The Labute approximate surface area is 60.6 Å². The van der Waals surface area contributed by atoms with Crippen LogP contribution in [0, 0.1) is 0 Å². The second-order valence-corrected chi connectivity index (χ2v) is 2.42. The van der Waals surface area contributed by atoms with Crippen molar-refractivity contribution in [2.45, 2.75) is 6.17 Å². The molecule has 0 aromatic carbocycles. The molecule has 0 aromatic rings. The minimum atomic E-state index is -0.466. The molecule has 0 amide bonds. The zero-order valence-corrected chi connectivity index (χ0v) is 6.09. The van der Waals surface area contributed by atoms with E-state index in [9.17, 15) is 0 Å². The molecule has 0 saturated heterocycles. The van der Waals surface area contributed by atoms with Gasteiger partial charge in [-0.15, -0.1) is 0 Å². The average molecular weight is 192 g/mol. The van der Waals surface area contributed by atoms with Gasteiger partial charge in [0.1, 0.15) is 6.17 Å². The highest BCUT2D eigenvalue weighted by Gasteiger charge is 2.12. The summed E-state index contributed by atoms with van der Waals surface area (Å²) in [5.74, 6) is 0.0255. The second-order valence-electron chi connectivity index (χ2n) is 1.56. The minimum Gasteiger partial charge on any atom is -0.494 e. The van der Waals surface area contributed by atoms with Crippen LogP contribution >= 0.6 is 15.9 Å². The molecule has 1 rings (SSSR count). The van der Waals surface area contributed by atoms with Crippen LogP contribution < -0.4 is 11.1 Å². The molecule has 50 valence electrons. The number of aliphatic hydroxyl groups is 1. The first-order chi connectivity index (χ1) is 4.22. The molecule has 1 unspecified atom stereocenters. The fourth-order valence-corrected chi connectivity index (χ4v) is 0.686. The lowest BCUT2D eigenvalue weighted by molar-refractivity contribution is 0.379. The third kappa shape index (κ3) is 1.22. The smallest absolute Gasteiger partial charge is 0.203 e. The summed E-state index contributed by atoms with van der Waals surface area (Å²) in [7, 11) is 0. The first-order valence-corrected chi connectivity index (χ1v) is 3.13. The maximum absolute atomic E-state index is 8.90. The van der Waals surface area contributed by atoms with Gasteiger partial charge in [-0.05, 0) is 15.9 Å². The van der Waals surface area contributed by atoms with E-state index in [-0.39, 0.29) is 5.88 Å². The van der Waals surface area contributed by atoms with Crippen molar-refractivity contribution in [3.05, 3.63) is 10.4 Å². The molecular formula is C4H6BrN3O. The minimum absolute atomic E-state index is 0.0255. The number of halogens is 1. The Kier molecular flexibility index (Phi) is 1.73. The maximum Gasteiger partial charge on any atom is 0.203 e. The maximum atomic E-state index is 8.90. The number of nitrogens with zero attached hydrogens (tertiary/aromatic N) is 1. The van der Waals surface area contributed by atoms with E-state index in [1.165, 1.54) is 6.34 Å². The van der Waals surface area contributed by atoms with E-state index in [4.69, 9.17) is 10.8 Å². The molecule has 1 aliphatic heterocycles. The summed E-state index contributed by atoms with van der Waals surface area (Å²) >= 11 is 3.05. The van der Waals surface area contributed by atoms with Crippen molar-refractivity contribution in [3.8, 4) is 0 Å². The predicted octanol–water partition coefficient (Wildman–Crippen LogP) is 0.0247. The summed E-state index contributed by atoms with van der Waals surface area (Å²) in [6, 6.07) is 0. The van der Waals surface area contributed by atoms with Gasteiger partial charge >= 0.3 is 0 Å². The lowest BCUT2D eigenvalue weighted by Gasteiger charge is -2.12. The molecule has 4 nitrogen and oxygen atoms in total. The van der Waals surface area contributed by atoms with Gasteiger partial charge in [0.2, 0.25) is 5.88 Å². The number of rotatable bonds is 0. The second kappa shape index (κ2) is 2.36. The van der Waals surface area contributed by atoms with Gasteiger partial charge in [0.05, 0.1) is 10.8 Å². The molecule has 4 N–H and O–H groups in total. The number of aliphatic imine (C=N–C) groups is 1. The zero-order chi connectivity index (χ0) is 6.85. The number of hydrogen-bond acceptors (Lipinski definition) is 4. The molecule has 9 heavy (non-hydrogen) atoms. The van der Waals surface area contributed by atoms with E-state index in [2.05, 4.69) is 26.2 Å². The van der Waals surface area contributed by atoms with Crippen molar-refractivity contribution >= 4 is 22.3 Å². The van der Waals surface area contributed by atoms with Crippen LogP contribution in [0.25, 0.3) is 0 Å². The summed E-state index contributed by atoms with van der Waals surface area (Å²) in [6.45, 7) is 0. The van der Waals surface area contributed by atoms with Crippen LogP contribution in [0.1, 0.15) is 0 Å². The fourth-order valence-electron chi connectivity index (χ4n) is 0.453. The Hall–Kier alpha value is -0.550. The van der Waals surface area contributed by atoms with Crippen molar-refractivity contribution in [1.82, 2.24) is 5.32 Å². The summed E-state index contributed by atoms with van der Waals surface area (Å²) in [5.41, 5.74) is 5.37. The summed E-state index contributed by atoms with van der Waals surface area (Å²) in [6.07, 6.45) is 0.886. The molecule has 0 aromatic heterocycles. The van der Waals surface area contributed by atoms with Gasteiger partial charge in [-0.2, -0.15) is 0 Å². The highest BCUT2D eigenvalue weighted by atomic mass is 79.9. The van der Waals surface area contributed by atoms with E-state index in [0.29, 0.717) is 4.48 Å². The molecule has 0 saturated carbocycles. The van der Waals surface area contributed by atoms with Crippen LogP contribution in [0.2, 0.25) is 0 Å². The number of hydrogen-bond donors (Lipinski definition) is 3. The summed E-state index contributed by atoms with van der Waals surface area (Å²) in [4.78, 5) is 3.74. The van der Waals surface area contributed by atoms with Crippen molar-refractivity contribution in [2.24, 2.45) is 10.7 Å². The topological polar surface area (TPSA) is 70.6 Å². The first kappa shape index (κ1) is 6.57. The SMILES string of the molecule is NC1N=CNC(O)=C1Br.